The fourth-order valence-corrected chi connectivity index (χ4v) is 6.02. The van der Waals surface area contributed by atoms with Crippen LogP contribution >= 0.6 is 11.3 Å². The number of rotatable bonds is 6. The van der Waals surface area contributed by atoms with Gasteiger partial charge in [0.15, 0.2) is 0 Å². The van der Waals surface area contributed by atoms with Gasteiger partial charge in [0.1, 0.15) is 4.21 Å². The molecule has 0 N–H and O–H groups in total. The van der Waals surface area contributed by atoms with Gasteiger partial charge in [0.05, 0.1) is 6.42 Å². The predicted octanol–water partition coefficient (Wildman–Crippen LogP) is 3.13. The molecule has 1 aliphatic heterocycles. The van der Waals surface area contributed by atoms with Crippen molar-refractivity contribution in [1.82, 2.24) is 4.31 Å². The first-order valence-electron chi connectivity index (χ1n) is 8.46. The number of benzene rings is 1. The van der Waals surface area contributed by atoms with E-state index in [9.17, 15) is 13.2 Å². The summed E-state index contributed by atoms with van der Waals surface area (Å²) in [5, 5.41) is 0. The van der Waals surface area contributed by atoms with E-state index in [-0.39, 0.29) is 12.3 Å². The van der Waals surface area contributed by atoms with E-state index in [2.05, 4.69) is 0 Å². The van der Waals surface area contributed by atoms with E-state index < -0.39 is 10.0 Å². The molecule has 2 aromatic rings. The van der Waals surface area contributed by atoms with Crippen LogP contribution in [-0.4, -0.2) is 38.3 Å². The first kappa shape index (κ1) is 18.1. The maximum absolute atomic E-state index is 12.6. The number of anilines is 1. The average Bonchev–Trinajstić information content (AvgIpc) is 3.29. The van der Waals surface area contributed by atoms with E-state index in [1.807, 2.05) is 37.3 Å². The number of amides is 1. The Bertz CT molecular complexity index is 825. The van der Waals surface area contributed by atoms with Crippen LogP contribution < -0.4 is 4.90 Å². The van der Waals surface area contributed by atoms with Crippen molar-refractivity contribution in [2.45, 2.75) is 30.4 Å². The number of thiophene rings is 1. The van der Waals surface area contributed by atoms with Gasteiger partial charge in [-0.15, -0.1) is 11.3 Å². The number of para-hydroxylation sites is 1. The molecule has 0 saturated carbocycles. The average molecular weight is 379 g/mol. The fraction of sp³-hybridized carbons (Fsp3) is 0.389. The molecule has 134 valence electrons. The summed E-state index contributed by atoms with van der Waals surface area (Å²) >= 11 is 1.20. The van der Waals surface area contributed by atoms with Crippen LogP contribution in [0.5, 0.6) is 0 Å². The fourth-order valence-electron chi connectivity index (χ4n) is 3.00. The Kier molecular flexibility index (Phi) is 5.56. The third kappa shape index (κ3) is 3.94. The molecular formula is C18H22N2O3S2. The van der Waals surface area contributed by atoms with Gasteiger partial charge >= 0.3 is 0 Å². The summed E-state index contributed by atoms with van der Waals surface area (Å²) in [7, 11) is -3.40. The van der Waals surface area contributed by atoms with Gasteiger partial charge in [0.25, 0.3) is 10.0 Å². The van der Waals surface area contributed by atoms with Gasteiger partial charge in [-0.3, -0.25) is 4.79 Å². The van der Waals surface area contributed by atoms with E-state index in [4.69, 9.17) is 0 Å². The van der Waals surface area contributed by atoms with Crippen molar-refractivity contribution in [3.05, 3.63) is 47.3 Å². The number of hydrogen-bond donors (Lipinski definition) is 0. The van der Waals surface area contributed by atoms with Crippen LogP contribution in [0.2, 0.25) is 0 Å². The molecule has 3 rings (SSSR count). The molecular weight excluding hydrogens is 356 g/mol. The maximum Gasteiger partial charge on any atom is 0.252 e. The minimum atomic E-state index is -3.40. The number of carbonyl (C=O) groups is 1. The molecule has 0 spiro atoms. The first-order valence-corrected chi connectivity index (χ1v) is 10.7. The Morgan fingerprint density at radius 2 is 1.80 bits per heavy atom. The van der Waals surface area contributed by atoms with Crippen LogP contribution in [0.1, 0.15) is 24.6 Å². The Morgan fingerprint density at radius 1 is 1.12 bits per heavy atom. The molecule has 2 heterocycles. The molecule has 7 heteroatoms. The molecule has 1 amide bonds. The van der Waals surface area contributed by atoms with Gasteiger partial charge in [0.2, 0.25) is 5.91 Å². The highest BCUT2D eigenvalue weighted by atomic mass is 32.2. The standard InChI is InChI=1S/C18H22N2O3S2/c1-2-20(15-8-4-3-5-9-15)17(21)14-16-10-11-18(24-16)25(22,23)19-12-6-7-13-19/h3-5,8-11H,2,6-7,12-14H2,1H3. The zero-order valence-corrected chi connectivity index (χ0v) is 15.9. The normalized spacial score (nSPS) is 15.4. The molecule has 1 aromatic heterocycles. The molecule has 1 saturated heterocycles. The van der Waals surface area contributed by atoms with Gasteiger partial charge in [0, 0.05) is 30.2 Å². The van der Waals surface area contributed by atoms with Crippen molar-refractivity contribution in [3.8, 4) is 0 Å². The van der Waals surface area contributed by atoms with Crippen molar-refractivity contribution in [2.75, 3.05) is 24.5 Å². The summed E-state index contributed by atoms with van der Waals surface area (Å²) in [6, 6.07) is 12.9. The second-order valence-corrected chi connectivity index (χ2v) is 9.32. The molecule has 25 heavy (non-hydrogen) atoms. The minimum absolute atomic E-state index is 0.0272. The highest BCUT2D eigenvalue weighted by Gasteiger charge is 2.28. The molecule has 5 nitrogen and oxygen atoms in total. The van der Waals surface area contributed by atoms with Gasteiger partial charge < -0.3 is 4.90 Å². The summed E-state index contributed by atoms with van der Waals surface area (Å²) in [4.78, 5) is 15.1. The Balaban J connectivity index is 1.73. The Morgan fingerprint density at radius 3 is 2.44 bits per heavy atom. The summed E-state index contributed by atoms with van der Waals surface area (Å²) in [5.41, 5.74) is 0.858. The second kappa shape index (κ2) is 7.68. The number of likely N-dealkylation sites (N-methyl/N-ethyl adjacent to an activating group) is 1. The molecule has 1 aliphatic rings. The van der Waals surface area contributed by atoms with Crippen molar-refractivity contribution in [1.29, 1.82) is 0 Å². The van der Waals surface area contributed by atoms with Crippen LogP contribution in [0.4, 0.5) is 5.69 Å². The third-order valence-electron chi connectivity index (χ3n) is 4.31. The van der Waals surface area contributed by atoms with Crippen molar-refractivity contribution >= 4 is 33.0 Å². The lowest BCUT2D eigenvalue weighted by atomic mass is 10.2. The number of sulfonamides is 1. The van der Waals surface area contributed by atoms with Gasteiger partial charge in [-0.1, -0.05) is 18.2 Å². The van der Waals surface area contributed by atoms with E-state index in [1.165, 1.54) is 15.6 Å². The number of carbonyl (C=O) groups excluding carboxylic acids is 1. The van der Waals surface area contributed by atoms with E-state index in [1.54, 1.807) is 17.0 Å². The topological polar surface area (TPSA) is 57.7 Å². The summed E-state index contributed by atoms with van der Waals surface area (Å²) in [6.07, 6.45) is 2.04. The quantitative estimate of drug-likeness (QED) is 0.776. The van der Waals surface area contributed by atoms with Gasteiger partial charge in [-0.2, -0.15) is 4.31 Å². The minimum Gasteiger partial charge on any atom is -0.312 e. The lowest BCUT2D eigenvalue weighted by Gasteiger charge is -2.20. The molecule has 0 aliphatic carbocycles. The van der Waals surface area contributed by atoms with Crippen LogP contribution in [0.3, 0.4) is 0 Å². The second-order valence-electron chi connectivity index (χ2n) is 5.98. The third-order valence-corrected chi connectivity index (χ3v) is 7.76. The highest BCUT2D eigenvalue weighted by molar-refractivity contribution is 7.91. The molecule has 1 fully saturated rings. The lowest BCUT2D eigenvalue weighted by Crippen LogP contribution is -2.31. The van der Waals surface area contributed by atoms with Crippen molar-refractivity contribution in [3.63, 3.8) is 0 Å². The monoisotopic (exact) mass is 378 g/mol. The first-order chi connectivity index (χ1) is 12.0. The molecule has 0 atom stereocenters. The summed E-state index contributed by atoms with van der Waals surface area (Å²) in [6.45, 7) is 3.69. The van der Waals surface area contributed by atoms with Crippen molar-refractivity contribution < 1.29 is 13.2 Å². The van der Waals surface area contributed by atoms with Gasteiger partial charge in [-0.05, 0) is 44.0 Å². The van der Waals surface area contributed by atoms with E-state index in [0.29, 0.717) is 23.8 Å². The summed E-state index contributed by atoms with van der Waals surface area (Å²) < 4.78 is 27.0. The lowest BCUT2D eigenvalue weighted by molar-refractivity contribution is -0.117. The van der Waals surface area contributed by atoms with Gasteiger partial charge in [-0.25, -0.2) is 8.42 Å². The molecule has 0 radical (unpaired) electrons. The van der Waals surface area contributed by atoms with Crippen LogP contribution in [0, 0.1) is 0 Å². The Labute approximate surface area is 152 Å². The molecule has 1 aromatic carbocycles. The number of nitrogens with zero attached hydrogens (tertiary/aromatic N) is 2. The zero-order valence-electron chi connectivity index (χ0n) is 14.2. The zero-order chi connectivity index (χ0) is 17.9. The maximum atomic E-state index is 12.6. The SMILES string of the molecule is CCN(C(=O)Cc1ccc(S(=O)(=O)N2CCCC2)s1)c1ccccc1. The molecule has 0 unspecified atom stereocenters. The Hall–Kier alpha value is -1.70. The van der Waals surface area contributed by atoms with Crippen molar-refractivity contribution in [2.24, 2.45) is 0 Å². The van der Waals surface area contributed by atoms with Crippen LogP contribution in [0.15, 0.2) is 46.7 Å². The largest absolute Gasteiger partial charge is 0.312 e. The van der Waals surface area contributed by atoms with Crippen LogP contribution in [0.25, 0.3) is 0 Å². The highest BCUT2D eigenvalue weighted by Crippen LogP contribution is 2.28. The van der Waals surface area contributed by atoms with E-state index in [0.717, 1.165) is 23.4 Å². The smallest absolute Gasteiger partial charge is 0.252 e. The molecule has 0 bridgehead atoms. The van der Waals surface area contributed by atoms with Crippen LogP contribution in [-0.2, 0) is 21.2 Å². The van der Waals surface area contributed by atoms with E-state index >= 15 is 0 Å². The predicted molar refractivity (Wildman–Crippen MR) is 100 cm³/mol. The number of hydrogen-bond acceptors (Lipinski definition) is 4. The summed E-state index contributed by atoms with van der Waals surface area (Å²) in [5.74, 6) is -0.0272.